The first-order chi connectivity index (χ1) is 8.08. The van der Waals surface area contributed by atoms with Crippen LogP contribution in [0.5, 0.6) is 0 Å². The van der Waals surface area contributed by atoms with Gasteiger partial charge >= 0.3 is 0 Å². The molecular weight excluding hydrogens is 326 g/mol. The molecule has 0 atom stereocenters. The third-order valence-electron chi connectivity index (χ3n) is 2.15. The van der Waals surface area contributed by atoms with E-state index in [0.29, 0.717) is 12.2 Å². The summed E-state index contributed by atoms with van der Waals surface area (Å²) in [6.07, 6.45) is 1.55. The Morgan fingerprint density at radius 3 is 3.06 bits per heavy atom. The van der Waals surface area contributed by atoms with E-state index >= 15 is 0 Å². The molecule has 0 saturated carbocycles. The Hall–Kier alpha value is -0.850. The van der Waals surface area contributed by atoms with Crippen molar-refractivity contribution in [1.29, 1.82) is 0 Å². The van der Waals surface area contributed by atoms with Crippen molar-refractivity contribution in [2.75, 3.05) is 5.32 Å². The molecule has 0 amide bonds. The molecule has 0 radical (unpaired) electrons. The van der Waals surface area contributed by atoms with Crippen LogP contribution in [0.3, 0.4) is 0 Å². The minimum absolute atomic E-state index is 0.165. The maximum atomic E-state index is 11.5. The summed E-state index contributed by atoms with van der Waals surface area (Å²) in [5, 5.41) is 9.17. The van der Waals surface area contributed by atoms with Crippen molar-refractivity contribution in [3.05, 3.63) is 42.4 Å². The molecule has 0 aliphatic rings. The van der Waals surface area contributed by atoms with E-state index in [1.54, 1.807) is 24.6 Å². The third kappa shape index (κ3) is 2.88. The Bertz CT molecular complexity index is 595. The molecule has 2 heterocycles. The van der Waals surface area contributed by atoms with Crippen LogP contribution in [0.1, 0.15) is 4.88 Å². The van der Waals surface area contributed by atoms with E-state index in [1.165, 1.54) is 4.68 Å². The molecule has 2 rings (SSSR count). The highest BCUT2D eigenvalue weighted by Crippen LogP contribution is 2.22. The van der Waals surface area contributed by atoms with Crippen LogP contribution in [0.2, 0.25) is 5.02 Å². The molecule has 7 heteroatoms. The molecule has 17 heavy (non-hydrogen) atoms. The Balaban J connectivity index is 2.15. The fraction of sp³-hybridized carbons (Fsp3) is 0.200. The molecule has 4 nitrogen and oxygen atoms in total. The van der Waals surface area contributed by atoms with Crippen molar-refractivity contribution in [1.82, 2.24) is 9.78 Å². The van der Waals surface area contributed by atoms with Crippen LogP contribution in [0.25, 0.3) is 0 Å². The number of hydrogen-bond acceptors (Lipinski definition) is 4. The number of hydrogen-bond donors (Lipinski definition) is 1. The van der Waals surface area contributed by atoms with Crippen LogP contribution in [-0.2, 0) is 13.6 Å². The third-order valence-corrected chi connectivity index (χ3v) is 4.22. The Kier molecular flexibility index (Phi) is 3.86. The van der Waals surface area contributed by atoms with Crippen molar-refractivity contribution < 1.29 is 0 Å². The van der Waals surface area contributed by atoms with Crippen LogP contribution in [0.15, 0.2) is 26.9 Å². The quantitative estimate of drug-likeness (QED) is 0.939. The number of halogens is 2. The minimum atomic E-state index is -0.302. The van der Waals surface area contributed by atoms with Crippen molar-refractivity contribution in [2.45, 2.75) is 6.54 Å². The summed E-state index contributed by atoms with van der Waals surface area (Å²) in [6, 6.07) is 2.01. The van der Waals surface area contributed by atoms with E-state index in [1.807, 2.05) is 11.4 Å². The summed E-state index contributed by atoms with van der Waals surface area (Å²) in [5.41, 5.74) is 0.253. The van der Waals surface area contributed by atoms with E-state index in [4.69, 9.17) is 11.6 Å². The smallest absolute Gasteiger partial charge is 0.287 e. The van der Waals surface area contributed by atoms with Gasteiger partial charge in [-0.2, -0.15) is 5.10 Å². The van der Waals surface area contributed by atoms with Crippen molar-refractivity contribution in [2.24, 2.45) is 7.05 Å². The van der Waals surface area contributed by atoms with E-state index in [-0.39, 0.29) is 10.6 Å². The van der Waals surface area contributed by atoms with Gasteiger partial charge in [-0.1, -0.05) is 11.6 Å². The van der Waals surface area contributed by atoms with Gasteiger partial charge in [0.05, 0.1) is 11.9 Å². The van der Waals surface area contributed by atoms with Crippen LogP contribution >= 0.6 is 38.9 Å². The number of thiophene rings is 1. The van der Waals surface area contributed by atoms with Crippen LogP contribution in [-0.4, -0.2) is 9.78 Å². The topological polar surface area (TPSA) is 46.9 Å². The molecule has 0 saturated heterocycles. The van der Waals surface area contributed by atoms with Crippen molar-refractivity contribution in [3.8, 4) is 0 Å². The second-order valence-electron chi connectivity index (χ2n) is 3.39. The fourth-order valence-electron chi connectivity index (χ4n) is 1.26. The fourth-order valence-corrected chi connectivity index (χ4v) is 2.89. The number of nitrogens with zero attached hydrogens (tertiary/aromatic N) is 2. The maximum absolute atomic E-state index is 11.5. The van der Waals surface area contributed by atoms with Gasteiger partial charge in [-0.05, 0) is 22.0 Å². The molecular formula is C10H9BrClN3OS. The van der Waals surface area contributed by atoms with Gasteiger partial charge in [-0.3, -0.25) is 4.79 Å². The number of aryl methyl sites for hydroxylation is 1. The maximum Gasteiger partial charge on any atom is 0.287 e. The predicted molar refractivity (Wildman–Crippen MR) is 73.8 cm³/mol. The average molecular weight is 335 g/mol. The average Bonchev–Trinajstić information content (AvgIpc) is 2.71. The van der Waals surface area contributed by atoms with Crippen molar-refractivity contribution >= 4 is 44.6 Å². The van der Waals surface area contributed by atoms with E-state index in [0.717, 1.165) is 9.35 Å². The van der Waals surface area contributed by atoms with Gasteiger partial charge in [0.15, 0.2) is 0 Å². The van der Waals surface area contributed by atoms with E-state index in [9.17, 15) is 4.79 Å². The highest BCUT2D eigenvalue weighted by atomic mass is 79.9. The molecule has 90 valence electrons. The van der Waals surface area contributed by atoms with Gasteiger partial charge in [-0.25, -0.2) is 4.68 Å². The van der Waals surface area contributed by atoms with Gasteiger partial charge < -0.3 is 5.32 Å². The van der Waals surface area contributed by atoms with Crippen LogP contribution < -0.4 is 10.9 Å². The van der Waals surface area contributed by atoms with Crippen molar-refractivity contribution in [3.63, 3.8) is 0 Å². The van der Waals surface area contributed by atoms with E-state index < -0.39 is 0 Å². The lowest BCUT2D eigenvalue weighted by atomic mass is 10.4. The number of anilines is 1. The van der Waals surface area contributed by atoms with E-state index in [2.05, 4.69) is 26.3 Å². The first-order valence-electron chi connectivity index (χ1n) is 4.76. The van der Waals surface area contributed by atoms with Gasteiger partial charge in [0, 0.05) is 28.3 Å². The Labute approximate surface area is 115 Å². The second-order valence-corrected chi connectivity index (χ2v) is 5.68. The molecule has 2 aromatic rings. The van der Waals surface area contributed by atoms with Gasteiger partial charge in [0.25, 0.3) is 5.56 Å². The Morgan fingerprint density at radius 1 is 1.65 bits per heavy atom. The highest BCUT2D eigenvalue weighted by molar-refractivity contribution is 9.10. The van der Waals surface area contributed by atoms with Crippen LogP contribution in [0, 0.1) is 0 Å². The molecule has 0 aromatic carbocycles. The Morgan fingerprint density at radius 2 is 2.41 bits per heavy atom. The monoisotopic (exact) mass is 333 g/mol. The number of rotatable bonds is 3. The highest BCUT2D eigenvalue weighted by Gasteiger charge is 2.07. The van der Waals surface area contributed by atoms with Gasteiger partial charge in [0.1, 0.15) is 5.02 Å². The SMILES string of the molecule is Cn1ncc(NCc2cc(Br)cs2)c(Cl)c1=O. The summed E-state index contributed by atoms with van der Waals surface area (Å²) in [5.74, 6) is 0. The summed E-state index contributed by atoms with van der Waals surface area (Å²) in [4.78, 5) is 12.7. The van der Waals surface area contributed by atoms with Gasteiger partial charge in [0.2, 0.25) is 0 Å². The molecule has 0 aliphatic carbocycles. The lowest BCUT2D eigenvalue weighted by Gasteiger charge is -2.06. The summed E-state index contributed by atoms with van der Waals surface area (Å²) in [6.45, 7) is 0.616. The zero-order chi connectivity index (χ0) is 12.4. The number of nitrogens with one attached hydrogen (secondary N) is 1. The first-order valence-corrected chi connectivity index (χ1v) is 6.81. The minimum Gasteiger partial charge on any atom is -0.377 e. The van der Waals surface area contributed by atoms with Crippen LogP contribution in [0.4, 0.5) is 5.69 Å². The largest absolute Gasteiger partial charge is 0.377 e. The van der Waals surface area contributed by atoms with Gasteiger partial charge in [-0.15, -0.1) is 11.3 Å². The molecule has 0 spiro atoms. The summed E-state index contributed by atoms with van der Waals surface area (Å²) in [7, 11) is 1.56. The predicted octanol–water partition coefficient (Wildman–Crippen LogP) is 2.87. The molecule has 0 fully saturated rings. The molecule has 2 aromatic heterocycles. The zero-order valence-corrected chi connectivity index (χ0v) is 12.1. The summed E-state index contributed by atoms with van der Waals surface area (Å²) < 4.78 is 2.25. The molecule has 0 aliphatic heterocycles. The lowest BCUT2D eigenvalue weighted by Crippen LogP contribution is -2.20. The molecule has 0 unspecified atom stereocenters. The summed E-state index contributed by atoms with van der Waals surface area (Å²) >= 11 is 10.9. The first kappa shape index (κ1) is 12.6. The second kappa shape index (κ2) is 5.20. The molecule has 1 N–H and O–H groups in total. The normalized spacial score (nSPS) is 10.5. The number of aromatic nitrogens is 2. The zero-order valence-electron chi connectivity index (χ0n) is 8.91. The lowest BCUT2D eigenvalue weighted by molar-refractivity contribution is 0.708. The standard InChI is InChI=1S/C10H9BrClN3OS/c1-15-10(16)9(12)8(4-14-15)13-3-7-2-6(11)5-17-7/h2,4-5,13H,3H2,1H3. The molecule has 0 bridgehead atoms.